The number of amides is 1. The molecule has 3 rings (SSSR count). The first-order valence-electron chi connectivity index (χ1n) is 6.60. The Morgan fingerprint density at radius 3 is 3.00 bits per heavy atom. The Morgan fingerprint density at radius 2 is 2.28 bits per heavy atom. The Morgan fingerprint density at radius 1 is 1.44 bits per heavy atom. The van der Waals surface area contributed by atoms with Gasteiger partial charge in [-0.05, 0) is 26.7 Å². The Labute approximate surface area is 107 Å². The van der Waals surface area contributed by atoms with Crippen LogP contribution in [-0.4, -0.2) is 34.6 Å². The van der Waals surface area contributed by atoms with Gasteiger partial charge in [-0.3, -0.25) is 9.69 Å². The molecule has 1 amide bonds. The van der Waals surface area contributed by atoms with Crippen LogP contribution in [0.3, 0.4) is 0 Å². The van der Waals surface area contributed by atoms with Gasteiger partial charge in [0.15, 0.2) is 0 Å². The normalized spacial score (nSPS) is 28.2. The van der Waals surface area contributed by atoms with E-state index in [9.17, 15) is 4.79 Å². The molecule has 0 saturated carbocycles. The number of carbonyl (C=O) groups is 1. The zero-order valence-corrected chi connectivity index (χ0v) is 10.9. The lowest BCUT2D eigenvalue weighted by Crippen LogP contribution is -2.49. The highest BCUT2D eigenvalue weighted by Gasteiger charge is 2.38. The molecule has 0 bridgehead atoms. The molecule has 2 aliphatic rings. The average Bonchev–Trinajstić information content (AvgIpc) is 2.87. The number of aryl methyl sites for hydroxylation is 2. The van der Waals surface area contributed by atoms with Crippen molar-refractivity contribution >= 4 is 5.91 Å². The van der Waals surface area contributed by atoms with E-state index in [4.69, 9.17) is 4.52 Å². The number of hydrogen-bond donors (Lipinski definition) is 1. The first kappa shape index (κ1) is 11.7. The topological polar surface area (TPSA) is 58.4 Å². The lowest BCUT2D eigenvalue weighted by atomic mass is 9.98. The third-order valence-corrected chi connectivity index (χ3v) is 4.22. The second-order valence-electron chi connectivity index (χ2n) is 5.34. The van der Waals surface area contributed by atoms with E-state index in [0.29, 0.717) is 18.5 Å². The molecule has 2 saturated heterocycles. The highest BCUT2D eigenvalue weighted by atomic mass is 16.5. The van der Waals surface area contributed by atoms with Crippen molar-refractivity contribution in [3.63, 3.8) is 0 Å². The van der Waals surface area contributed by atoms with E-state index in [-0.39, 0.29) is 5.91 Å². The summed E-state index contributed by atoms with van der Waals surface area (Å²) in [6.07, 6.45) is 2.68. The maximum absolute atomic E-state index is 11.4. The number of hydrogen-bond acceptors (Lipinski definition) is 4. The van der Waals surface area contributed by atoms with Crippen molar-refractivity contribution in [2.24, 2.45) is 0 Å². The van der Waals surface area contributed by atoms with Crippen LogP contribution in [-0.2, 0) is 11.3 Å². The first-order chi connectivity index (χ1) is 8.65. The highest BCUT2D eigenvalue weighted by molar-refractivity contribution is 5.77. The van der Waals surface area contributed by atoms with Gasteiger partial charge in [-0.1, -0.05) is 5.16 Å². The Bertz CT molecular complexity index is 449. The van der Waals surface area contributed by atoms with Gasteiger partial charge >= 0.3 is 0 Å². The summed E-state index contributed by atoms with van der Waals surface area (Å²) >= 11 is 0. The predicted molar refractivity (Wildman–Crippen MR) is 66.0 cm³/mol. The van der Waals surface area contributed by atoms with Crippen molar-refractivity contribution in [2.75, 3.05) is 6.54 Å². The van der Waals surface area contributed by atoms with Crippen LogP contribution < -0.4 is 5.32 Å². The molecule has 1 aromatic rings. The monoisotopic (exact) mass is 249 g/mol. The van der Waals surface area contributed by atoms with Crippen LogP contribution in [0.2, 0.25) is 0 Å². The number of carbonyl (C=O) groups excluding carboxylic acids is 1. The van der Waals surface area contributed by atoms with Crippen LogP contribution >= 0.6 is 0 Å². The van der Waals surface area contributed by atoms with Crippen molar-refractivity contribution in [2.45, 2.75) is 51.7 Å². The van der Waals surface area contributed by atoms with E-state index in [1.807, 2.05) is 13.8 Å². The number of nitrogens with zero attached hydrogens (tertiary/aromatic N) is 2. The van der Waals surface area contributed by atoms with Crippen molar-refractivity contribution in [3.8, 4) is 0 Å². The Hall–Kier alpha value is -1.36. The first-order valence-corrected chi connectivity index (χ1v) is 6.60. The molecular weight excluding hydrogens is 230 g/mol. The van der Waals surface area contributed by atoms with Gasteiger partial charge in [-0.25, -0.2) is 0 Å². The van der Waals surface area contributed by atoms with Crippen LogP contribution in [0.15, 0.2) is 4.52 Å². The van der Waals surface area contributed by atoms with Crippen LogP contribution in [0, 0.1) is 13.8 Å². The molecule has 0 aliphatic carbocycles. The predicted octanol–water partition coefficient (Wildman–Crippen LogP) is 1.14. The summed E-state index contributed by atoms with van der Waals surface area (Å²) < 4.78 is 5.21. The van der Waals surface area contributed by atoms with Gasteiger partial charge in [0.2, 0.25) is 5.91 Å². The van der Waals surface area contributed by atoms with Gasteiger partial charge < -0.3 is 9.84 Å². The molecule has 0 aromatic carbocycles. The maximum Gasteiger partial charge on any atom is 0.220 e. The van der Waals surface area contributed by atoms with E-state index < -0.39 is 0 Å². The van der Waals surface area contributed by atoms with Crippen molar-refractivity contribution in [1.29, 1.82) is 0 Å². The molecule has 1 aromatic heterocycles. The molecule has 3 heterocycles. The van der Waals surface area contributed by atoms with E-state index in [1.54, 1.807) is 0 Å². The molecule has 0 radical (unpaired) electrons. The molecule has 0 spiro atoms. The van der Waals surface area contributed by atoms with Crippen LogP contribution in [0.4, 0.5) is 0 Å². The number of nitrogens with one attached hydrogen (secondary N) is 1. The minimum absolute atomic E-state index is 0.204. The summed E-state index contributed by atoms with van der Waals surface area (Å²) in [5.74, 6) is 1.12. The van der Waals surface area contributed by atoms with Crippen molar-refractivity contribution in [3.05, 3.63) is 17.0 Å². The smallest absolute Gasteiger partial charge is 0.220 e. The van der Waals surface area contributed by atoms with Crippen LogP contribution in [0.1, 0.15) is 36.3 Å². The number of aromatic nitrogens is 1. The molecule has 98 valence electrons. The summed E-state index contributed by atoms with van der Waals surface area (Å²) in [5.41, 5.74) is 2.18. The largest absolute Gasteiger partial charge is 0.361 e. The zero-order valence-electron chi connectivity index (χ0n) is 10.9. The zero-order chi connectivity index (χ0) is 12.7. The molecule has 0 unspecified atom stereocenters. The van der Waals surface area contributed by atoms with E-state index in [2.05, 4.69) is 15.4 Å². The van der Waals surface area contributed by atoms with Gasteiger partial charge in [0.05, 0.1) is 5.69 Å². The second kappa shape index (κ2) is 4.39. The minimum Gasteiger partial charge on any atom is -0.361 e. The highest BCUT2D eigenvalue weighted by Crippen LogP contribution is 2.28. The van der Waals surface area contributed by atoms with Gasteiger partial charge in [0.25, 0.3) is 0 Å². The molecule has 1 N–H and O–H groups in total. The molecule has 18 heavy (non-hydrogen) atoms. The van der Waals surface area contributed by atoms with E-state index in [0.717, 1.165) is 37.4 Å². The Kier molecular flexibility index (Phi) is 2.86. The number of rotatable bonds is 2. The maximum atomic E-state index is 11.4. The second-order valence-corrected chi connectivity index (χ2v) is 5.34. The lowest BCUT2D eigenvalue weighted by Gasteiger charge is -2.31. The fourth-order valence-corrected chi connectivity index (χ4v) is 3.15. The minimum atomic E-state index is 0.204. The quantitative estimate of drug-likeness (QED) is 0.854. The lowest BCUT2D eigenvalue weighted by molar-refractivity contribution is -0.124. The van der Waals surface area contributed by atoms with Gasteiger partial charge in [-0.2, -0.15) is 0 Å². The summed E-state index contributed by atoms with van der Waals surface area (Å²) in [6, 6.07) is 0.822. The van der Waals surface area contributed by atoms with Crippen molar-refractivity contribution < 1.29 is 9.32 Å². The molecule has 2 fully saturated rings. The molecular formula is C13H19N3O2. The third-order valence-electron chi connectivity index (χ3n) is 4.22. The fraction of sp³-hybridized carbons (Fsp3) is 0.692. The van der Waals surface area contributed by atoms with Crippen LogP contribution in [0.25, 0.3) is 0 Å². The molecule has 2 atom stereocenters. The molecule has 5 nitrogen and oxygen atoms in total. The Balaban J connectivity index is 1.73. The fourth-order valence-electron chi connectivity index (χ4n) is 3.15. The average molecular weight is 249 g/mol. The summed E-state index contributed by atoms with van der Waals surface area (Å²) in [6.45, 7) is 5.88. The van der Waals surface area contributed by atoms with E-state index in [1.165, 1.54) is 5.56 Å². The van der Waals surface area contributed by atoms with Gasteiger partial charge in [0.1, 0.15) is 5.76 Å². The molecule has 2 aliphatic heterocycles. The summed E-state index contributed by atoms with van der Waals surface area (Å²) in [4.78, 5) is 13.8. The van der Waals surface area contributed by atoms with E-state index >= 15 is 0 Å². The summed E-state index contributed by atoms with van der Waals surface area (Å²) in [5, 5.41) is 7.10. The van der Waals surface area contributed by atoms with Gasteiger partial charge in [0, 0.05) is 37.2 Å². The number of likely N-dealkylation sites (tertiary alicyclic amines) is 1. The number of fused-ring (bicyclic) bond motifs is 1. The number of piperidine rings is 1. The molecule has 5 heteroatoms. The summed E-state index contributed by atoms with van der Waals surface area (Å²) in [7, 11) is 0. The van der Waals surface area contributed by atoms with Crippen LogP contribution in [0.5, 0.6) is 0 Å². The van der Waals surface area contributed by atoms with Crippen molar-refractivity contribution in [1.82, 2.24) is 15.4 Å². The standard InChI is InChI=1S/C13H19N3O2/c1-8-10(9(2)18-15-8)7-16-6-5-11-12(16)3-4-13(17)14-11/h11-12H,3-7H2,1-2H3,(H,14,17)/t11-,12+/m0/s1. The SMILES string of the molecule is Cc1noc(C)c1CN1CC[C@@H]2NC(=O)CC[C@H]21. The van der Waals surface area contributed by atoms with Gasteiger partial charge in [-0.15, -0.1) is 0 Å². The third kappa shape index (κ3) is 1.92.